The standard InChI is InChI=1S/C19H20F3N3O2S/c1-27-15-3-5-16(6-4-15)28-13-18(26)25-10-8-24(9-11-25)17-7-2-14(12-23-17)19(20,21)22/h2-7,12H,8-11,13H2,1H3/p+1. The van der Waals surface area contributed by atoms with Gasteiger partial charge in [-0.15, -0.1) is 11.8 Å². The molecule has 0 spiro atoms. The number of nitrogens with one attached hydrogen (secondary N) is 1. The number of aromatic nitrogens is 1. The van der Waals surface area contributed by atoms with E-state index in [0.717, 1.165) is 22.9 Å². The number of H-pyrrole nitrogens is 1. The highest BCUT2D eigenvalue weighted by Gasteiger charge is 2.33. The van der Waals surface area contributed by atoms with Gasteiger partial charge in [-0.3, -0.25) is 9.69 Å². The van der Waals surface area contributed by atoms with Gasteiger partial charge < -0.3 is 9.64 Å². The number of carbonyl (C=O) groups is 1. The first-order valence-electron chi connectivity index (χ1n) is 8.75. The van der Waals surface area contributed by atoms with E-state index >= 15 is 0 Å². The zero-order chi connectivity index (χ0) is 20.1. The van der Waals surface area contributed by atoms with Gasteiger partial charge >= 0.3 is 6.18 Å². The molecule has 2 heterocycles. The topological polar surface area (TPSA) is 46.9 Å². The fourth-order valence-corrected chi connectivity index (χ4v) is 3.70. The number of alkyl halides is 3. The summed E-state index contributed by atoms with van der Waals surface area (Å²) in [4.78, 5) is 19.8. The minimum atomic E-state index is -4.36. The first kappa shape index (κ1) is 20.3. The van der Waals surface area contributed by atoms with Gasteiger partial charge in [-0.1, -0.05) is 0 Å². The first-order valence-corrected chi connectivity index (χ1v) is 9.74. The molecule has 150 valence electrons. The van der Waals surface area contributed by atoms with Crippen molar-refractivity contribution in [2.24, 2.45) is 0 Å². The number of rotatable bonds is 5. The van der Waals surface area contributed by atoms with E-state index in [0.29, 0.717) is 37.7 Å². The average Bonchev–Trinajstić information content (AvgIpc) is 2.72. The molecule has 1 aromatic carbocycles. The van der Waals surface area contributed by atoms with Crippen LogP contribution >= 0.6 is 11.8 Å². The normalized spacial score (nSPS) is 14.9. The Hall–Kier alpha value is -2.42. The monoisotopic (exact) mass is 412 g/mol. The lowest BCUT2D eigenvalue weighted by atomic mass is 10.2. The molecule has 2 aromatic rings. The van der Waals surface area contributed by atoms with Crippen molar-refractivity contribution < 1.29 is 27.7 Å². The number of hydrogen-bond donors (Lipinski definition) is 0. The molecule has 0 bridgehead atoms. The Morgan fingerprint density at radius 3 is 2.32 bits per heavy atom. The maximum Gasteiger partial charge on any atom is 0.419 e. The van der Waals surface area contributed by atoms with Gasteiger partial charge in [0.05, 0.1) is 31.5 Å². The lowest BCUT2D eigenvalue weighted by molar-refractivity contribution is -0.367. The van der Waals surface area contributed by atoms with Gasteiger partial charge in [0.25, 0.3) is 5.82 Å². The predicted molar refractivity (Wildman–Crippen MR) is 101 cm³/mol. The molecule has 1 amide bonds. The molecule has 1 fully saturated rings. The number of pyridine rings is 1. The van der Waals surface area contributed by atoms with E-state index in [9.17, 15) is 18.0 Å². The maximum atomic E-state index is 12.6. The zero-order valence-electron chi connectivity index (χ0n) is 15.3. The van der Waals surface area contributed by atoms with Crippen LogP contribution in [0, 0.1) is 0 Å². The number of nitrogens with zero attached hydrogens (tertiary/aromatic N) is 2. The van der Waals surface area contributed by atoms with Crippen molar-refractivity contribution in [3.8, 4) is 5.75 Å². The van der Waals surface area contributed by atoms with Crippen LogP contribution in [0.2, 0.25) is 0 Å². The number of benzene rings is 1. The van der Waals surface area contributed by atoms with E-state index in [1.165, 1.54) is 17.8 Å². The van der Waals surface area contributed by atoms with Crippen molar-refractivity contribution in [1.29, 1.82) is 0 Å². The van der Waals surface area contributed by atoms with E-state index in [-0.39, 0.29) is 5.91 Å². The first-order chi connectivity index (χ1) is 13.4. The molecule has 3 rings (SSSR count). The zero-order valence-corrected chi connectivity index (χ0v) is 16.1. The summed E-state index contributed by atoms with van der Waals surface area (Å²) in [6.45, 7) is 2.22. The number of anilines is 1. The van der Waals surface area contributed by atoms with Gasteiger partial charge in [0.1, 0.15) is 25.0 Å². The molecule has 0 saturated carbocycles. The van der Waals surface area contributed by atoms with Gasteiger partial charge in [0.15, 0.2) is 0 Å². The van der Waals surface area contributed by atoms with Gasteiger partial charge in [-0.05, 0) is 30.3 Å². The third kappa shape index (κ3) is 5.09. The molecule has 1 aromatic heterocycles. The van der Waals surface area contributed by atoms with Gasteiger partial charge in [0, 0.05) is 11.0 Å². The van der Waals surface area contributed by atoms with E-state index in [1.54, 1.807) is 12.0 Å². The van der Waals surface area contributed by atoms with Gasteiger partial charge in [0.2, 0.25) is 5.91 Å². The number of halogens is 3. The molecule has 9 heteroatoms. The Bertz CT molecular complexity index is 790. The summed E-state index contributed by atoms with van der Waals surface area (Å²) >= 11 is 1.47. The number of thioether (sulfide) groups is 1. The number of piperazine rings is 1. The number of methoxy groups -OCH3 is 1. The Labute approximate surface area is 165 Å². The molecule has 0 unspecified atom stereocenters. The van der Waals surface area contributed by atoms with E-state index in [1.807, 2.05) is 29.2 Å². The van der Waals surface area contributed by atoms with Crippen LogP contribution in [0.5, 0.6) is 5.75 Å². The number of aromatic amines is 1. The van der Waals surface area contributed by atoms with Crippen LogP contribution in [0.4, 0.5) is 19.0 Å². The second-order valence-corrected chi connectivity index (χ2v) is 7.34. The highest BCUT2D eigenvalue weighted by molar-refractivity contribution is 8.00. The van der Waals surface area contributed by atoms with Crippen LogP contribution in [0.3, 0.4) is 0 Å². The molecular formula is C19H21F3N3O2S+. The van der Waals surface area contributed by atoms with Crippen molar-refractivity contribution in [3.63, 3.8) is 0 Å². The maximum absolute atomic E-state index is 12.6. The third-order valence-corrected chi connectivity index (χ3v) is 5.52. The van der Waals surface area contributed by atoms with Crippen molar-refractivity contribution >= 4 is 23.5 Å². The molecule has 28 heavy (non-hydrogen) atoms. The van der Waals surface area contributed by atoms with Crippen LogP contribution in [-0.2, 0) is 11.0 Å². The predicted octanol–water partition coefficient (Wildman–Crippen LogP) is 2.97. The summed E-state index contributed by atoms with van der Waals surface area (Å²) in [6, 6.07) is 10.0. The van der Waals surface area contributed by atoms with Crippen molar-refractivity contribution in [1.82, 2.24) is 4.90 Å². The Balaban J connectivity index is 1.48. The van der Waals surface area contributed by atoms with Crippen molar-refractivity contribution in [2.75, 3.05) is 43.9 Å². The summed E-state index contributed by atoms with van der Waals surface area (Å²) in [5.74, 6) is 1.79. The fourth-order valence-electron chi connectivity index (χ4n) is 2.89. The second kappa shape index (κ2) is 8.72. The minimum Gasteiger partial charge on any atom is -0.497 e. The van der Waals surface area contributed by atoms with Crippen LogP contribution < -0.4 is 14.6 Å². The summed E-state index contributed by atoms with van der Waals surface area (Å²) < 4.78 is 43.1. The Morgan fingerprint density at radius 2 is 1.79 bits per heavy atom. The molecule has 1 N–H and O–H groups in total. The lowest BCUT2D eigenvalue weighted by Gasteiger charge is -2.31. The number of ether oxygens (including phenoxy) is 1. The molecule has 0 aliphatic carbocycles. The van der Waals surface area contributed by atoms with E-state index in [4.69, 9.17) is 4.74 Å². The van der Waals surface area contributed by atoms with Crippen LogP contribution in [0.1, 0.15) is 5.56 Å². The van der Waals surface area contributed by atoms with Crippen LogP contribution in [0.15, 0.2) is 47.5 Å². The SMILES string of the molecule is COc1ccc(SCC(=O)N2CCN(c3ccc(C(F)(F)F)c[nH+]3)CC2)cc1. The summed E-state index contributed by atoms with van der Waals surface area (Å²) in [6.07, 6.45) is -3.39. The molecule has 1 saturated heterocycles. The van der Waals surface area contributed by atoms with Gasteiger partial charge in [-0.25, -0.2) is 4.98 Å². The van der Waals surface area contributed by atoms with Crippen LogP contribution in [-0.4, -0.2) is 49.8 Å². The van der Waals surface area contributed by atoms with E-state index in [2.05, 4.69) is 4.98 Å². The Morgan fingerprint density at radius 1 is 1.11 bits per heavy atom. The number of carbonyl (C=O) groups excluding carboxylic acids is 1. The highest BCUT2D eigenvalue weighted by Crippen LogP contribution is 2.28. The summed E-state index contributed by atoms with van der Waals surface area (Å²) in [7, 11) is 1.60. The molecule has 5 nitrogen and oxygen atoms in total. The van der Waals surface area contributed by atoms with Crippen molar-refractivity contribution in [3.05, 3.63) is 48.2 Å². The smallest absolute Gasteiger partial charge is 0.419 e. The third-order valence-electron chi connectivity index (χ3n) is 4.52. The number of hydrogen-bond acceptors (Lipinski definition) is 4. The second-order valence-electron chi connectivity index (χ2n) is 6.29. The Kier molecular flexibility index (Phi) is 6.33. The van der Waals surface area contributed by atoms with Crippen LogP contribution in [0.25, 0.3) is 0 Å². The quantitative estimate of drug-likeness (QED) is 0.709. The lowest BCUT2D eigenvalue weighted by Crippen LogP contribution is -2.50. The average molecular weight is 412 g/mol. The molecule has 1 aliphatic heterocycles. The highest BCUT2D eigenvalue weighted by atomic mass is 32.2. The molecule has 1 aliphatic rings. The van der Waals surface area contributed by atoms with E-state index < -0.39 is 11.7 Å². The minimum absolute atomic E-state index is 0.0527. The van der Waals surface area contributed by atoms with Crippen molar-refractivity contribution in [2.45, 2.75) is 11.1 Å². The number of amides is 1. The summed E-state index contributed by atoms with van der Waals surface area (Å²) in [5, 5.41) is 0. The fraction of sp³-hybridized carbons (Fsp3) is 0.368. The summed E-state index contributed by atoms with van der Waals surface area (Å²) in [5.41, 5.74) is -0.708. The largest absolute Gasteiger partial charge is 0.497 e. The molecule has 0 radical (unpaired) electrons. The van der Waals surface area contributed by atoms with Gasteiger partial charge in [-0.2, -0.15) is 13.2 Å². The molecule has 0 atom stereocenters. The molecular weight excluding hydrogens is 391 g/mol.